The Morgan fingerprint density at radius 3 is 2.42 bits per heavy atom. The summed E-state index contributed by atoms with van der Waals surface area (Å²) in [6, 6.07) is 12.7. The molecule has 2 aromatic rings. The van der Waals surface area contributed by atoms with Crippen LogP contribution in [0.2, 0.25) is 0 Å². The summed E-state index contributed by atoms with van der Waals surface area (Å²) in [5.41, 5.74) is 4.71. The Bertz CT molecular complexity index is 915. The maximum atomic E-state index is 13.3. The minimum absolute atomic E-state index is 0.0291. The fourth-order valence-corrected chi connectivity index (χ4v) is 4.98. The van der Waals surface area contributed by atoms with Crippen molar-refractivity contribution in [1.29, 1.82) is 0 Å². The second kappa shape index (κ2) is 7.64. The van der Waals surface area contributed by atoms with Crippen LogP contribution < -0.4 is 4.31 Å². The predicted molar refractivity (Wildman–Crippen MR) is 106 cm³/mol. The van der Waals surface area contributed by atoms with E-state index in [2.05, 4.69) is 6.08 Å². The Labute approximate surface area is 155 Å². The molecule has 3 rings (SSSR count). The van der Waals surface area contributed by atoms with Gasteiger partial charge in [-0.25, -0.2) is 8.42 Å². The zero-order chi connectivity index (χ0) is 18.7. The molecule has 0 atom stereocenters. The van der Waals surface area contributed by atoms with Gasteiger partial charge in [0.15, 0.2) is 0 Å². The van der Waals surface area contributed by atoms with Crippen LogP contribution in [0.1, 0.15) is 36.0 Å². The monoisotopic (exact) mass is 371 g/mol. The summed E-state index contributed by atoms with van der Waals surface area (Å²) in [4.78, 5) is 0.242. The molecule has 1 N–H and O–H groups in total. The lowest BCUT2D eigenvalue weighted by molar-refractivity contribution is 0.306. The van der Waals surface area contributed by atoms with Crippen LogP contribution in [0, 0.1) is 13.8 Å². The van der Waals surface area contributed by atoms with E-state index in [-0.39, 0.29) is 18.0 Å². The Morgan fingerprint density at radius 2 is 1.81 bits per heavy atom. The molecule has 0 spiro atoms. The van der Waals surface area contributed by atoms with Crippen molar-refractivity contribution in [3.8, 4) is 0 Å². The Kier molecular flexibility index (Phi) is 5.49. The van der Waals surface area contributed by atoms with Gasteiger partial charge in [-0.2, -0.15) is 0 Å². The molecule has 0 saturated carbocycles. The highest BCUT2D eigenvalue weighted by atomic mass is 32.2. The molecule has 2 aromatic carbocycles. The van der Waals surface area contributed by atoms with Gasteiger partial charge in [0.05, 0.1) is 23.7 Å². The quantitative estimate of drug-likeness (QED) is 0.833. The van der Waals surface area contributed by atoms with E-state index in [1.54, 1.807) is 24.3 Å². The third-order valence-corrected chi connectivity index (χ3v) is 6.60. The van der Waals surface area contributed by atoms with Gasteiger partial charge in [-0.15, -0.1) is 0 Å². The van der Waals surface area contributed by atoms with Gasteiger partial charge in [-0.3, -0.25) is 4.31 Å². The first-order valence-corrected chi connectivity index (χ1v) is 10.4. The van der Waals surface area contributed by atoms with Gasteiger partial charge < -0.3 is 5.11 Å². The molecule has 0 aromatic heterocycles. The number of hydrogen-bond donors (Lipinski definition) is 1. The molecule has 138 valence electrons. The lowest BCUT2D eigenvalue weighted by atomic mass is 10.00. The van der Waals surface area contributed by atoms with Crippen molar-refractivity contribution >= 4 is 21.3 Å². The van der Waals surface area contributed by atoms with Crippen LogP contribution in [0.4, 0.5) is 5.69 Å². The van der Waals surface area contributed by atoms with E-state index in [0.717, 1.165) is 36.0 Å². The van der Waals surface area contributed by atoms with Gasteiger partial charge >= 0.3 is 0 Å². The molecule has 0 saturated heterocycles. The van der Waals surface area contributed by atoms with E-state index in [9.17, 15) is 13.5 Å². The maximum Gasteiger partial charge on any atom is 0.264 e. The van der Waals surface area contributed by atoms with E-state index in [1.807, 2.05) is 32.0 Å². The maximum absolute atomic E-state index is 13.3. The molecule has 4 nitrogen and oxygen atoms in total. The van der Waals surface area contributed by atoms with Crippen molar-refractivity contribution in [3.63, 3.8) is 0 Å². The SMILES string of the molecule is Cc1ccc(S(=O)(=O)N(CCO)c2c(C)cccc2C2=CCCC2)cc1. The van der Waals surface area contributed by atoms with E-state index in [0.29, 0.717) is 5.69 Å². The first kappa shape index (κ1) is 18.7. The molecule has 5 heteroatoms. The van der Waals surface area contributed by atoms with Crippen molar-refractivity contribution in [2.75, 3.05) is 17.5 Å². The predicted octanol–water partition coefficient (Wildman–Crippen LogP) is 4.06. The smallest absolute Gasteiger partial charge is 0.264 e. The second-order valence-electron chi connectivity index (χ2n) is 6.71. The summed E-state index contributed by atoms with van der Waals surface area (Å²) in [5, 5.41) is 9.58. The van der Waals surface area contributed by atoms with E-state index in [4.69, 9.17) is 0 Å². The first-order valence-electron chi connectivity index (χ1n) is 8.94. The van der Waals surface area contributed by atoms with Gasteiger partial charge in [0.25, 0.3) is 10.0 Å². The molecular weight excluding hydrogens is 346 g/mol. The molecule has 0 fully saturated rings. The van der Waals surface area contributed by atoms with Gasteiger partial charge in [0.2, 0.25) is 0 Å². The zero-order valence-electron chi connectivity index (χ0n) is 15.3. The molecular formula is C21H25NO3S. The number of aliphatic hydroxyl groups excluding tert-OH is 1. The Hall–Kier alpha value is -2.11. The molecule has 0 amide bonds. The summed E-state index contributed by atoms with van der Waals surface area (Å²) in [6.45, 7) is 3.64. The topological polar surface area (TPSA) is 57.6 Å². The van der Waals surface area contributed by atoms with Crippen LogP contribution in [-0.2, 0) is 10.0 Å². The number of aryl methyl sites for hydroxylation is 2. The Morgan fingerprint density at radius 1 is 1.08 bits per heavy atom. The fraction of sp³-hybridized carbons (Fsp3) is 0.333. The van der Waals surface area contributed by atoms with Crippen LogP contribution >= 0.6 is 0 Å². The molecule has 0 radical (unpaired) electrons. The second-order valence-corrected chi connectivity index (χ2v) is 8.57. The van der Waals surface area contributed by atoms with E-state index in [1.165, 1.54) is 9.88 Å². The number of rotatable bonds is 6. The molecule has 26 heavy (non-hydrogen) atoms. The average Bonchev–Trinajstić information content (AvgIpc) is 3.15. The minimum Gasteiger partial charge on any atom is -0.394 e. The highest BCUT2D eigenvalue weighted by Gasteiger charge is 2.28. The number of allylic oxidation sites excluding steroid dienone is 2. The fourth-order valence-electron chi connectivity index (χ4n) is 3.45. The number of benzene rings is 2. The van der Waals surface area contributed by atoms with Crippen LogP contribution in [0.25, 0.3) is 5.57 Å². The molecule has 0 aliphatic heterocycles. The number of anilines is 1. The lowest BCUT2D eigenvalue weighted by Gasteiger charge is -2.28. The number of nitrogens with zero attached hydrogens (tertiary/aromatic N) is 1. The summed E-state index contributed by atoms with van der Waals surface area (Å²) in [7, 11) is -3.76. The number of para-hydroxylation sites is 1. The van der Waals surface area contributed by atoms with Crippen LogP contribution in [0.5, 0.6) is 0 Å². The number of aliphatic hydroxyl groups is 1. The average molecular weight is 372 g/mol. The highest BCUT2D eigenvalue weighted by Crippen LogP contribution is 2.38. The summed E-state index contributed by atoms with van der Waals surface area (Å²) in [6.07, 6.45) is 5.25. The minimum atomic E-state index is -3.76. The molecule has 1 aliphatic carbocycles. The summed E-state index contributed by atoms with van der Waals surface area (Å²) < 4.78 is 28.1. The van der Waals surface area contributed by atoms with Gasteiger partial charge in [0.1, 0.15) is 0 Å². The Balaban J connectivity index is 2.16. The van der Waals surface area contributed by atoms with Crippen molar-refractivity contribution in [2.45, 2.75) is 38.0 Å². The third kappa shape index (κ3) is 3.55. The number of hydrogen-bond acceptors (Lipinski definition) is 3. The van der Waals surface area contributed by atoms with E-state index < -0.39 is 10.0 Å². The normalized spacial score (nSPS) is 14.3. The molecule has 0 bridgehead atoms. The van der Waals surface area contributed by atoms with Crippen molar-refractivity contribution < 1.29 is 13.5 Å². The van der Waals surface area contributed by atoms with Gasteiger partial charge in [-0.05, 0) is 56.4 Å². The van der Waals surface area contributed by atoms with Gasteiger partial charge in [0, 0.05) is 5.56 Å². The van der Waals surface area contributed by atoms with Crippen molar-refractivity contribution in [3.05, 3.63) is 65.2 Å². The largest absolute Gasteiger partial charge is 0.394 e. The van der Waals surface area contributed by atoms with Gasteiger partial charge in [-0.1, -0.05) is 42.0 Å². The van der Waals surface area contributed by atoms with E-state index >= 15 is 0 Å². The third-order valence-electron chi connectivity index (χ3n) is 4.79. The van der Waals surface area contributed by atoms with Crippen molar-refractivity contribution in [2.24, 2.45) is 0 Å². The molecule has 0 unspecified atom stereocenters. The zero-order valence-corrected chi connectivity index (χ0v) is 16.1. The van der Waals surface area contributed by atoms with Crippen LogP contribution in [-0.4, -0.2) is 26.7 Å². The molecule has 0 heterocycles. The molecule has 1 aliphatic rings. The summed E-state index contributed by atoms with van der Waals surface area (Å²) >= 11 is 0. The highest BCUT2D eigenvalue weighted by molar-refractivity contribution is 7.92. The first-order chi connectivity index (χ1) is 12.4. The lowest BCUT2D eigenvalue weighted by Crippen LogP contribution is -2.35. The van der Waals surface area contributed by atoms with Crippen LogP contribution in [0.15, 0.2) is 53.4 Å². The van der Waals surface area contributed by atoms with Crippen LogP contribution in [0.3, 0.4) is 0 Å². The number of sulfonamides is 1. The standard InChI is InChI=1S/C21H25NO3S/c1-16-10-12-19(13-11-16)26(24,25)22(14-15-23)21-17(2)6-5-9-20(21)18-7-3-4-8-18/h5-7,9-13,23H,3-4,8,14-15H2,1-2H3. The summed E-state index contributed by atoms with van der Waals surface area (Å²) in [5.74, 6) is 0. The van der Waals surface area contributed by atoms with Crippen molar-refractivity contribution in [1.82, 2.24) is 0 Å².